The Hall–Kier alpha value is -0.730. The highest BCUT2D eigenvalue weighted by Gasteiger charge is 2.50. The monoisotopic (exact) mass is 253 g/mol. The SMILES string of the molecule is COc1c(Cl)cc(C)c(C)c1C1(C(C)N)CC1. The van der Waals surface area contributed by atoms with Crippen molar-refractivity contribution in [3.63, 3.8) is 0 Å². The fraction of sp³-hybridized carbons (Fsp3) is 0.571. The van der Waals surface area contributed by atoms with Gasteiger partial charge in [0, 0.05) is 17.0 Å². The first-order valence-electron chi connectivity index (χ1n) is 6.04. The van der Waals surface area contributed by atoms with E-state index in [-0.39, 0.29) is 11.5 Å². The number of halogens is 1. The molecule has 1 aromatic carbocycles. The van der Waals surface area contributed by atoms with Crippen molar-refractivity contribution in [2.24, 2.45) is 5.73 Å². The molecule has 1 saturated carbocycles. The predicted molar refractivity (Wildman–Crippen MR) is 72.0 cm³/mol. The van der Waals surface area contributed by atoms with Gasteiger partial charge in [0.2, 0.25) is 0 Å². The molecule has 0 radical (unpaired) electrons. The normalized spacial score (nSPS) is 18.9. The molecule has 3 heteroatoms. The topological polar surface area (TPSA) is 35.2 Å². The smallest absolute Gasteiger partial charge is 0.141 e. The zero-order chi connectivity index (χ0) is 12.8. The predicted octanol–water partition coefficient (Wildman–Crippen LogP) is 3.34. The van der Waals surface area contributed by atoms with Gasteiger partial charge in [-0.2, -0.15) is 0 Å². The first kappa shape index (κ1) is 12.7. The average molecular weight is 254 g/mol. The van der Waals surface area contributed by atoms with Crippen LogP contribution in [0.15, 0.2) is 6.07 Å². The number of aryl methyl sites for hydroxylation is 1. The zero-order valence-corrected chi connectivity index (χ0v) is 11.7. The Labute approximate surface area is 108 Å². The van der Waals surface area contributed by atoms with Gasteiger partial charge < -0.3 is 10.5 Å². The minimum atomic E-state index is 0.0745. The van der Waals surface area contributed by atoms with Crippen molar-refractivity contribution < 1.29 is 4.74 Å². The van der Waals surface area contributed by atoms with Crippen LogP contribution in [-0.2, 0) is 5.41 Å². The number of methoxy groups -OCH3 is 1. The van der Waals surface area contributed by atoms with Crippen molar-refractivity contribution in [3.8, 4) is 5.75 Å². The molecule has 0 aliphatic heterocycles. The Morgan fingerprint density at radius 1 is 1.41 bits per heavy atom. The Kier molecular flexibility index (Phi) is 3.13. The molecule has 94 valence electrons. The second-order valence-electron chi connectivity index (χ2n) is 5.15. The molecule has 2 N–H and O–H groups in total. The third-order valence-corrected chi connectivity index (χ3v) is 4.40. The second-order valence-corrected chi connectivity index (χ2v) is 5.56. The van der Waals surface area contributed by atoms with E-state index >= 15 is 0 Å². The van der Waals surface area contributed by atoms with E-state index in [2.05, 4.69) is 20.8 Å². The Bertz CT molecular complexity index is 450. The molecule has 0 heterocycles. The van der Waals surface area contributed by atoms with Gasteiger partial charge >= 0.3 is 0 Å². The van der Waals surface area contributed by atoms with Gasteiger partial charge in [0.1, 0.15) is 5.75 Å². The first-order chi connectivity index (χ1) is 7.94. The fourth-order valence-electron chi connectivity index (χ4n) is 2.72. The van der Waals surface area contributed by atoms with Crippen molar-refractivity contribution in [3.05, 3.63) is 27.8 Å². The van der Waals surface area contributed by atoms with Crippen LogP contribution < -0.4 is 10.5 Å². The molecule has 0 aromatic heterocycles. The van der Waals surface area contributed by atoms with E-state index in [0.717, 1.165) is 18.6 Å². The maximum absolute atomic E-state index is 6.28. The summed E-state index contributed by atoms with van der Waals surface area (Å²) in [4.78, 5) is 0. The lowest BCUT2D eigenvalue weighted by Crippen LogP contribution is -2.32. The van der Waals surface area contributed by atoms with Gasteiger partial charge in [0.15, 0.2) is 0 Å². The number of hydrogen-bond donors (Lipinski definition) is 1. The summed E-state index contributed by atoms with van der Waals surface area (Å²) in [6.07, 6.45) is 2.25. The molecule has 17 heavy (non-hydrogen) atoms. The first-order valence-corrected chi connectivity index (χ1v) is 6.41. The molecular weight excluding hydrogens is 234 g/mol. The third kappa shape index (κ3) is 1.84. The van der Waals surface area contributed by atoms with Gasteiger partial charge in [0.25, 0.3) is 0 Å². The largest absolute Gasteiger partial charge is 0.495 e. The Morgan fingerprint density at radius 2 is 2.00 bits per heavy atom. The van der Waals surface area contributed by atoms with Gasteiger partial charge in [-0.05, 0) is 50.8 Å². The molecule has 1 fully saturated rings. The summed E-state index contributed by atoms with van der Waals surface area (Å²) in [7, 11) is 1.68. The lowest BCUT2D eigenvalue weighted by Gasteiger charge is -2.26. The number of ether oxygens (including phenoxy) is 1. The summed E-state index contributed by atoms with van der Waals surface area (Å²) >= 11 is 6.28. The molecule has 1 unspecified atom stereocenters. The minimum Gasteiger partial charge on any atom is -0.495 e. The summed E-state index contributed by atoms with van der Waals surface area (Å²) < 4.78 is 5.50. The van der Waals surface area contributed by atoms with E-state index < -0.39 is 0 Å². The number of rotatable bonds is 3. The number of benzene rings is 1. The molecule has 2 nitrogen and oxygen atoms in total. The molecule has 0 spiro atoms. The van der Waals surface area contributed by atoms with Gasteiger partial charge in [-0.1, -0.05) is 11.6 Å². The van der Waals surface area contributed by atoms with Crippen molar-refractivity contribution in [2.45, 2.75) is 45.1 Å². The summed E-state index contributed by atoms with van der Waals surface area (Å²) in [6, 6.07) is 2.10. The van der Waals surface area contributed by atoms with E-state index in [4.69, 9.17) is 22.1 Å². The van der Waals surface area contributed by atoms with Crippen LogP contribution in [0.1, 0.15) is 36.5 Å². The molecule has 2 rings (SSSR count). The van der Waals surface area contributed by atoms with Crippen LogP contribution in [0, 0.1) is 13.8 Å². The van der Waals surface area contributed by atoms with Crippen LogP contribution in [0.25, 0.3) is 0 Å². The summed E-state index contributed by atoms with van der Waals surface area (Å²) in [5, 5.41) is 0.692. The van der Waals surface area contributed by atoms with E-state index in [1.54, 1.807) is 7.11 Å². The molecule has 0 bridgehead atoms. The van der Waals surface area contributed by atoms with Crippen LogP contribution in [0.3, 0.4) is 0 Å². The van der Waals surface area contributed by atoms with Crippen LogP contribution in [0.2, 0.25) is 5.02 Å². The molecule has 0 amide bonds. The van der Waals surface area contributed by atoms with Crippen LogP contribution in [0.4, 0.5) is 0 Å². The molecule has 0 saturated heterocycles. The summed E-state index contributed by atoms with van der Waals surface area (Å²) in [5.74, 6) is 0.810. The van der Waals surface area contributed by atoms with Gasteiger partial charge in [0.05, 0.1) is 12.1 Å². The molecule has 1 aromatic rings. The Morgan fingerprint density at radius 3 is 2.41 bits per heavy atom. The van der Waals surface area contributed by atoms with Crippen LogP contribution >= 0.6 is 11.6 Å². The van der Waals surface area contributed by atoms with Crippen molar-refractivity contribution in [2.75, 3.05) is 7.11 Å². The summed E-state index contributed by atoms with van der Waals surface area (Å²) in [6.45, 7) is 6.29. The van der Waals surface area contributed by atoms with E-state index in [1.165, 1.54) is 16.7 Å². The molecular formula is C14H20ClNO. The zero-order valence-electron chi connectivity index (χ0n) is 10.9. The van der Waals surface area contributed by atoms with E-state index in [0.29, 0.717) is 5.02 Å². The van der Waals surface area contributed by atoms with Crippen LogP contribution in [-0.4, -0.2) is 13.2 Å². The third-order valence-electron chi connectivity index (χ3n) is 4.12. The molecule has 1 aliphatic rings. The number of nitrogens with two attached hydrogens (primary N) is 1. The maximum atomic E-state index is 6.28. The highest BCUT2D eigenvalue weighted by atomic mass is 35.5. The van der Waals surface area contributed by atoms with E-state index in [1.807, 2.05) is 6.07 Å². The highest BCUT2D eigenvalue weighted by Crippen LogP contribution is 2.56. The van der Waals surface area contributed by atoms with Gasteiger partial charge in [-0.25, -0.2) is 0 Å². The average Bonchev–Trinajstić information content (AvgIpc) is 3.04. The van der Waals surface area contributed by atoms with Crippen molar-refractivity contribution >= 4 is 11.6 Å². The highest BCUT2D eigenvalue weighted by molar-refractivity contribution is 6.32. The standard InChI is InChI=1S/C14H20ClNO/c1-8-7-11(15)13(17-4)12(9(8)2)14(5-6-14)10(3)16/h7,10H,5-6,16H2,1-4H3. The van der Waals surface area contributed by atoms with Crippen LogP contribution in [0.5, 0.6) is 5.75 Å². The minimum absolute atomic E-state index is 0.0745. The van der Waals surface area contributed by atoms with Crippen molar-refractivity contribution in [1.82, 2.24) is 0 Å². The number of hydrogen-bond acceptors (Lipinski definition) is 2. The van der Waals surface area contributed by atoms with E-state index in [9.17, 15) is 0 Å². The summed E-state index contributed by atoms with van der Waals surface area (Å²) in [5.41, 5.74) is 9.93. The fourth-order valence-corrected chi connectivity index (χ4v) is 3.05. The molecule has 1 aliphatic carbocycles. The molecule has 1 atom stereocenters. The Balaban J connectivity index is 2.67. The maximum Gasteiger partial charge on any atom is 0.141 e. The van der Waals surface area contributed by atoms with Gasteiger partial charge in [-0.15, -0.1) is 0 Å². The lowest BCUT2D eigenvalue weighted by molar-refractivity contribution is 0.397. The lowest BCUT2D eigenvalue weighted by atomic mass is 9.84. The second kappa shape index (κ2) is 4.18. The quantitative estimate of drug-likeness (QED) is 0.897. The van der Waals surface area contributed by atoms with Crippen molar-refractivity contribution in [1.29, 1.82) is 0 Å². The van der Waals surface area contributed by atoms with Gasteiger partial charge in [-0.3, -0.25) is 0 Å².